The highest BCUT2D eigenvalue weighted by Gasteiger charge is 2.27. The number of likely N-dealkylation sites (tertiary alicyclic amines) is 1. The van der Waals surface area contributed by atoms with Crippen LogP contribution < -0.4 is 10.6 Å². The number of aliphatic imine (C=N–C) groups is 1. The predicted octanol–water partition coefficient (Wildman–Crippen LogP) is 1.03. The number of hydrogen-bond donors (Lipinski definition) is 3. The molecule has 0 radical (unpaired) electrons. The highest BCUT2D eigenvalue weighted by atomic mass is 16.3. The fraction of sp³-hybridized carbons (Fsp3) is 0.556. The van der Waals surface area contributed by atoms with Gasteiger partial charge in [-0.3, -0.25) is 14.9 Å². The molecule has 3 N–H and O–H groups in total. The summed E-state index contributed by atoms with van der Waals surface area (Å²) in [6.07, 6.45) is 3.20. The van der Waals surface area contributed by atoms with Gasteiger partial charge in [-0.25, -0.2) is 4.98 Å². The maximum Gasteiger partial charge on any atom is 0.225 e. The number of nitrogens with zero attached hydrogens (tertiary/aromatic N) is 4. The van der Waals surface area contributed by atoms with Crippen LogP contribution in [0.25, 0.3) is 11.6 Å². The van der Waals surface area contributed by atoms with Crippen molar-refractivity contribution in [3.8, 4) is 11.6 Å². The van der Waals surface area contributed by atoms with Crippen molar-refractivity contribution in [2.45, 2.75) is 32.7 Å². The lowest BCUT2D eigenvalue weighted by Gasteiger charge is -2.20. The minimum absolute atomic E-state index is 0.0363. The summed E-state index contributed by atoms with van der Waals surface area (Å²) in [5, 5.41) is 13.7. The van der Waals surface area contributed by atoms with Crippen LogP contribution in [-0.4, -0.2) is 64.7 Å². The first-order chi connectivity index (χ1) is 13.1. The topological polar surface area (TPSA) is 111 Å². The van der Waals surface area contributed by atoms with Gasteiger partial charge < -0.3 is 20.0 Å². The Morgan fingerprint density at radius 1 is 1.52 bits per heavy atom. The third-order valence-corrected chi connectivity index (χ3v) is 4.49. The molecule has 1 amide bonds. The van der Waals surface area contributed by atoms with Gasteiger partial charge in [0, 0.05) is 45.1 Å². The molecular formula is C18H27N7O2. The standard InChI is InChI=1S/C18H27N7O2/c1-12(2)17(26)25-9-7-13(11-25)21-18(19-3)20-8-6-15-22-16(24-23-15)14-5-4-10-27-14/h4-5,10,12-13H,6-9,11H2,1-3H3,(H2,19,20,21)(H,22,23,24). The molecule has 0 aromatic carbocycles. The summed E-state index contributed by atoms with van der Waals surface area (Å²) >= 11 is 0. The van der Waals surface area contributed by atoms with E-state index >= 15 is 0 Å². The molecule has 0 bridgehead atoms. The zero-order valence-corrected chi connectivity index (χ0v) is 16.0. The summed E-state index contributed by atoms with van der Waals surface area (Å²) in [7, 11) is 1.74. The Labute approximate surface area is 158 Å². The van der Waals surface area contributed by atoms with E-state index in [4.69, 9.17) is 4.42 Å². The molecule has 146 valence electrons. The van der Waals surface area contributed by atoms with Crippen LogP contribution in [-0.2, 0) is 11.2 Å². The van der Waals surface area contributed by atoms with Gasteiger partial charge in [0.2, 0.25) is 11.7 Å². The largest absolute Gasteiger partial charge is 0.461 e. The van der Waals surface area contributed by atoms with Gasteiger partial charge in [-0.05, 0) is 18.6 Å². The highest BCUT2D eigenvalue weighted by Crippen LogP contribution is 2.14. The number of guanidine groups is 1. The molecule has 9 nitrogen and oxygen atoms in total. The third kappa shape index (κ3) is 4.87. The first-order valence-corrected chi connectivity index (χ1v) is 9.28. The Hall–Kier alpha value is -2.84. The van der Waals surface area contributed by atoms with Gasteiger partial charge in [0.25, 0.3) is 0 Å². The van der Waals surface area contributed by atoms with Crippen LogP contribution in [0.2, 0.25) is 0 Å². The van der Waals surface area contributed by atoms with Crippen molar-refractivity contribution >= 4 is 11.9 Å². The molecule has 3 rings (SSSR count). The molecule has 3 heterocycles. The zero-order valence-electron chi connectivity index (χ0n) is 16.0. The normalized spacial score (nSPS) is 17.6. The lowest BCUT2D eigenvalue weighted by molar-refractivity contribution is -0.133. The first kappa shape index (κ1) is 18.9. The molecule has 1 atom stereocenters. The van der Waals surface area contributed by atoms with Crippen LogP contribution in [0.15, 0.2) is 27.8 Å². The lowest BCUT2D eigenvalue weighted by atomic mass is 10.2. The zero-order chi connectivity index (χ0) is 19.2. The predicted molar refractivity (Wildman–Crippen MR) is 102 cm³/mol. The average Bonchev–Trinajstić information content (AvgIpc) is 3.40. The van der Waals surface area contributed by atoms with Gasteiger partial charge >= 0.3 is 0 Å². The van der Waals surface area contributed by atoms with E-state index in [9.17, 15) is 4.79 Å². The number of H-pyrrole nitrogens is 1. The van der Waals surface area contributed by atoms with Crippen LogP contribution in [0.5, 0.6) is 0 Å². The molecular weight excluding hydrogens is 346 g/mol. The monoisotopic (exact) mass is 373 g/mol. The molecule has 0 spiro atoms. The SMILES string of the molecule is CN=C(NCCc1nc(-c2ccco2)n[nH]1)NC1CCN(C(=O)C(C)C)C1. The van der Waals surface area contributed by atoms with Gasteiger partial charge in [0.15, 0.2) is 11.7 Å². The summed E-state index contributed by atoms with van der Waals surface area (Å²) in [4.78, 5) is 22.7. The molecule has 2 aromatic heterocycles. The molecule has 0 aliphatic carbocycles. The van der Waals surface area contributed by atoms with Crippen molar-refractivity contribution in [1.82, 2.24) is 30.7 Å². The van der Waals surface area contributed by atoms with Crippen molar-refractivity contribution in [1.29, 1.82) is 0 Å². The fourth-order valence-electron chi connectivity index (χ4n) is 3.05. The number of aromatic nitrogens is 3. The maximum absolute atomic E-state index is 12.1. The Balaban J connectivity index is 1.43. The second kappa shape index (κ2) is 8.70. The minimum atomic E-state index is 0.0363. The van der Waals surface area contributed by atoms with Gasteiger partial charge in [-0.15, -0.1) is 0 Å². The van der Waals surface area contributed by atoms with Crippen molar-refractivity contribution in [2.75, 3.05) is 26.7 Å². The third-order valence-electron chi connectivity index (χ3n) is 4.49. The number of aromatic amines is 1. The Morgan fingerprint density at radius 3 is 3.07 bits per heavy atom. The van der Waals surface area contributed by atoms with Gasteiger partial charge in [0.1, 0.15) is 5.82 Å². The summed E-state index contributed by atoms with van der Waals surface area (Å²) in [6, 6.07) is 3.85. The first-order valence-electron chi connectivity index (χ1n) is 9.28. The Kier molecular flexibility index (Phi) is 6.10. The van der Waals surface area contributed by atoms with E-state index in [1.807, 2.05) is 30.9 Å². The molecule has 0 saturated carbocycles. The number of hydrogen-bond acceptors (Lipinski definition) is 5. The number of carbonyl (C=O) groups excluding carboxylic acids is 1. The Morgan fingerprint density at radius 2 is 2.37 bits per heavy atom. The van der Waals surface area contributed by atoms with E-state index in [0.717, 1.165) is 24.7 Å². The fourth-order valence-corrected chi connectivity index (χ4v) is 3.05. The van der Waals surface area contributed by atoms with Crippen molar-refractivity contribution in [3.63, 3.8) is 0 Å². The smallest absolute Gasteiger partial charge is 0.225 e. The van der Waals surface area contributed by atoms with E-state index in [-0.39, 0.29) is 17.9 Å². The van der Waals surface area contributed by atoms with E-state index in [0.29, 0.717) is 31.1 Å². The van der Waals surface area contributed by atoms with E-state index < -0.39 is 0 Å². The number of amides is 1. The van der Waals surface area contributed by atoms with Gasteiger partial charge in [0.05, 0.1) is 6.26 Å². The van der Waals surface area contributed by atoms with Crippen molar-refractivity contribution < 1.29 is 9.21 Å². The highest BCUT2D eigenvalue weighted by molar-refractivity contribution is 5.81. The summed E-state index contributed by atoms with van der Waals surface area (Å²) in [5.41, 5.74) is 0. The van der Waals surface area contributed by atoms with Crippen LogP contribution in [0, 0.1) is 5.92 Å². The Bertz CT molecular complexity index is 767. The lowest BCUT2D eigenvalue weighted by Crippen LogP contribution is -2.45. The maximum atomic E-state index is 12.1. The van der Waals surface area contributed by atoms with Gasteiger partial charge in [-0.2, -0.15) is 5.10 Å². The molecule has 1 saturated heterocycles. The molecule has 1 aliphatic heterocycles. The van der Waals surface area contributed by atoms with E-state index in [2.05, 4.69) is 30.8 Å². The molecule has 1 unspecified atom stereocenters. The number of carbonyl (C=O) groups is 1. The number of rotatable bonds is 6. The summed E-state index contributed by atoms with van der Waals surface area (Å²) < 4.78 is 5.29. The molecule has 1 fully saturated rings. The molecule has 27 heavy (non-hydrogen) atoms. The van der Waals surface area contributed by atoms with Crippen LogP contribution >= 0.6 is 0 Å². The van der Waals surface area contributed by atoms with Crippen LogP contribution in [0.3, 0.4) is 0 Å². The van der Waals surface area contributed by atoms with Gasteiger partial charge in [-0.1, -0.05) is 13.8 Å². The molecule has 1 aliphatic rings. The molecule has 2 aromatic rings. The van der Waals surface area contributed by atoms with Crippen LogP contribution in [0.4, 0.5) is 0 Å². The quantitative estimate of drug-likeness (QED) is 0.515. The number of nitrogens with one attached hydrogen (secondary N) is 3. The number of furan rings is 1. The average molecular weight is 373 g/mol. The summed E-state index contributed by atoms with van der Waals surface area (Å²) in [6.45, 7) is 6.04. The van der Waals surface area contributed by atoms with Crippen molar-refractivity contribution in [3.05, 3.63) is 24.2 Å². The minimum Gasteiger partial charge on any atom is -0.461 e. The second-order valence-corrected chi connectivity index (χ2v) is 6.90. The second-order valence-electron chi connectivity index (χ2n) is 6.90. The van der Waals surface area contributed by atoms with E-state index in [1.54, 1.807) is 13.3 Å². The van der Waals surface area contributed by atoms with Crippen LogP contribution in [0.1, 0.15) is 26.1 Å². The van der Waals surface area contributed by atoms with E-state index in [1.165, 1.54) is 0 Å². The van der Waals surface area contributed by atoms with Crippen molar-refractivity contribution in [2.24, 2.45) is 10.9 Å². The molecule has 9 heteroatoms. The summed E-state index contributed by atoms with van der Waals surface area (Å²) in [5.74, 6) is 2.95.